The number of hydrogen-bond donors (Lipinski definition) is 2. The molecule has 0 aliphatic heterocycles. The Balaban J connectivity index is 1.36. The molecule has 0 aromatic heterocycles. The molecule has 0 amide bonds. The quantitative estimate of drug-likeness (QED) is 0.0911. The smallest absolute Gasteiger partial charge is 0.0913 e. The Kier molecular flexibility index (Phi) is 9.45. The standard InChI is InChI=1S/C38H40N2O2/c1-27(2)25-41-21-19-29-9-13-33(14-10-29)39-37-17-18-38(36-24-32-8-6-5-7-31(32)23-35(36)37)40-34-15-11-30(12-16-34)20-22-42-26-28(3)4/h5-18,23-26,39-40H,19-22H2,1-4H3. The molecule has 5 aromatic carbocycles. The monoisotopic (exact) mass is 556 g/mol. The highest BCUT2D eigenvalue weighted by atomic mass is 16.5. The molecule has 2 N–H and O–H groups in total. The minimum Gasteiger partial charge on any atom is -0.501 e. The van der Waals surface area contributed by atoms with Crippen molar-refractivity contribution < 1.29 is 9.47 Å². The summed E-state index contributed by atoms with van der Waals surface area (Å²) in [6.07, 6.45) is 5.40. The van der Waals surface area contributed by atoms with Crippen LogP contribution in [0.25, 0.3) is 21.5 Å². The third-order valence-corrected chi connectivity index (χ3v) is 7.00. The van der Waals surface area contributed by atoms with Crippen LogP contribution in [0.4, 0.5) is 22.7 Å². The van der Waals surface area contributed by atoms with Crippen LogP contribution in [0, 0.1) is 0 Å². The van der Waals surface area contributed by atoms with E-state index in [2.05, 4.69) is 108 Å². The highest BCUT2D eigenvalue weighted by molar-refractivity contribution is 6.10. The van der Waals surface area contributed by atoms with Crippen LogP contribution in [-0.2, 0) is 22.3 Å². The van der Waals surface area contributed by atoms with Crippen molar-refractivity contribution in [3.8, 4) is 0 Å². The molecule has 0 unspecified atom stereocenters. The molecule has 0 spiro atoms. The second kappa shape index (κ2) is 13.8. The van der Waals surface area contributed by atoms with Crippen molar-refractivity contribution in [2.45, 2.75) is 40.5 Å². The molecule has 0 aliphatic carbocycles. The Hall–Kier alpha value is -4.70. The molecule has 0 atom stereocenters. The molecule has 5 rings (SSSR count). The first-order valence-electron chi connectivity index (χ1n) is 14.6. The van der Waals surface area contributed by atoms with Gasteiger partial charge in [-0.05, 0) is 109 Å². The fraction of sp³-hybridized carbons (Fsp3) is 0.211. The van der Waals surface area contributed by atoms with Gasteiger partial charge >= 0.3 is 0 Å². The van der Waals surface area contributed by atoms with Gasteiger partial charge in [0.25, 0.3) is 0 Å². The maximum atomic E-state index is 5.60. The number of nitrogens with one attached hydrogen (secondary N) is 2. The number of hydrogen-bond acceptors (Lipinski definition) is 4. The van der Waals surface area contributed by atoms with E-state index in [1.165, 1.54) is 43.8 Å². The molecule has 214 valence electrons. The number of ether oxygens (including phenoxy) is 2. The third kappa shape index (κ3) is 7.73. The molecule has 0 saturated carbocycles. The molecule has 0 aliphatic rings. The lowest BCUT2D eigenvalue weighted by atomic mass is 10.0. The van der Waals surface area contributed by atoms with Crippen LogP contribution in [0.3, 0.4) is 0 Å². The van der Waals surface area contributed by atoms with Crippen LogP contribution in [0.1, 0.15) is 38.8 Å². The van der Waals surface area contributed by atoms with Gasteiger partial charge in [0.2, 0.25) is 0 Å². The first-order chi connectivity index (χ1) is 20.4. The molecular weight excluding hydrogens is 516 g/mol. The zero-order valence-electron chi connectivity index (χ0n) is 25.0. The Morgan fingerprint density at radius 3 is 1.33 bits per heavy atom. The van der Waals surface area contributed by atoms with Gasteiger partial charge in [-0.2, -0.15) is 0 Å². The zero-order chi connectivity index (χ0) is 29.3. The number of allylic oxidation sites excluding steroid dienone is 2. The molecule has 0 saturated heterocycles. The van der Waals surface area contributed by atoms with E-state index in [1.54, 1.807) is 0 Å². The minimum absolute atomic E-state index is 0.678. The first kappa shape index (κ1) is 28.8. The number of benzene rings is 5. The molecule has 0 radical (unpaired) electrons. The fourth-order valence-corrected chi connectivity index (χ4v) is 4.88. The van der Waals surface area contributed by atoms with Crippen LogP contribution in [0.15, 0.2) is 121 Å². The van der Waals surface area contributed by atoms with Crippen LogP contribution in [0.5, 0.6) is 0 Å². The van der Waals surface area contributed by atoms with E-state index in [9.17, 15) is 0 Å². The lowest BCUT2D eigenvalue weighted by Gasteiger charge is -2.16. The van der Waals surface area contributed by atoms with Crippen LogP contribution in [0.2, 0.25) is 0 Å². The molecule has 5 aromatic rings. The van der Waals surface area contributed by atoms with E-state index in [0.29, 0.717) is 13.2 Å². The maximum Gasteiger partial charge on any atom is 0.0913 e. The van der Waals surface area contributed by atoms with E-state index in [1.807, 2.05) is 40.2 Å². The Morgan fingerprint density at radius 1 is 0.548 bits per heavy atom. The summed E-state index contributed by atoms with van der Waals surface area (Å²) in [5.41, 5.74) is 9.12. The van der Waals surface area contributed by atoms with Gasteiger partial charge < -0.3 is 20.1 Å². The topological polar surface area (TPSA) is 42.5 Å². The van der Waals surface area contributed by atoms with Gasteiger partial charge in [0.15, 0.2) is 0 Å². The predicted molar refractivity (Wildman–Crippen MR) is 179 cm³/mol. The number of anilines is 4. The molecular formula is C38H40N2O2. The molecule has 4 heteroatoms. The van der Waals surface area contributed by atoms with E-state index >= 15 is 0 Å². The van der Waals surface area contributed by atoms with Gasteiger partial charge in [-0.1, -0.05) is 48.5 Å². The summed E-state index contributed by atoms with van der Waals surface area (Å²) in [4.78, 5) is 0. The van der Waals surface area contributed by atoms with Crippen molar-refractivity contribution in [1.29, 1.82) is 0 Å². The van der Waals surface area contributed by atoms with Crippen LogP contribution >= 0.6 is 0 Å². The van der Waals surface area contributed by atoms with Crippen molar-refractivity contribution in [2.24, 2.45) is 0 Å². The molecule has 0 fully saturated rings. The summed E-state index contributed by atoms with van der Waals surface area (Å²) in [6, 6.07) is 34.6. The van der Waals surface area contributed by atoms with Crippen molar-refractivity contribution in [2.75, 3.05) is 23.8 Å². The number of fused-ring (bicyclic) bond motifs is 2. The normalized spacial score (nSPS) is 10.8. The number of rotatable bonds is 12. The highest BCUT2D eigenvalue weighted by Gasteiger charge is 2.10. The molecule has 42 heavy (non-hydrogen) atoms. The Morgan fingerprint density at radius 2 is 0.952 bits per heavy atom. The van der Waals surface area contributed by atoms with Gasteiger partial charge in [-0.3, -0.25) is 0 Å². The van der Waals surface area contributed by atoms with E-state index in [4.69, 9.17) is 9.47 Å². The van der Waals surface area contributed by atoms with Crippen molar-refractivity contribution >= 4 is 44.3 Å². The molecule has 4 nitrogen and oxygen atoms in total. The average Bonchev–Trinajstić information content (AvgIpc) is 2.99. The summed E-state index contributed by atoms with van der Waals surface area (Å²) >= 11 is 0. The van der Waals surface area contributed by atoms with Gasteiger partial charge in [-0.15, -0.1) is 0 Å². The lowest BCUT2D eigenvalue weighted by molar-refractivity contribution is 0.250. The maximum absolute atomic E-state index is 5.60. The van der Waals surface area contributed by atoms with E-state index in [0.717, 1.165) is 35.6 Å². The second-order valence-electron chi connectivity index (χ2n) is 11.2. The van der Waals surface area contributed by atoms with Crippen LogP contribution < -0.4 is 10.6 Å². The summed E-state index contributed by atoms with van der Waals surface area (Å²) in [6.45, 7) is 9.51. The summed E-state index contributed by atoms with van der Waals surface area (Å²) in [7, 11) is 0. The van der Waals surface area contributed by atoms with Gasteiger partial charge in [0.1, 0.15) is 0 Å². The molecule has 0 bridgehead atoms. The summed E-state index contributed by atoms with van der Waals surface area (Å²) in [5.74, 6) is 0. The second-order valence-corrected chi connectivity index (χ2v) is 11.2. The van der Waals surface area contributed by atoms with Gasteiger partial charge in [0, 0.05) is 46.4 Å². The Bertz CT molecular complexity index is 1560. The van der Waals surface area contributed by atoms with Crippen molar-refractivity contribution in [1.82, 2.24) is 0 Å². The first-order valence-corrected chi connectivity index (χ1v) is 14.6. The summed E-state index contributed by atoms with van der Waals surface area (Å²) in [5, 5.41) is 12.1. The van der Waals surface area contributed by atoms with Crippen LogP contribution in [-0.4, -0.2) is 13.2 Å². The van der Waals surface area contributed by atoms with Crippen molar-refractivity contribution in [3.05, 3.63) is 132 Å². The van der Waals surface area contributed by atoms with E-state index in [-0.39, 0.29) is 0 Å². The van der Waals surface area contributed by atoms with Gasteiger partial charge in [-0.25, -0.2) is 0 Å². The zero-order valence-corrected chi connectivity index (χ0v) is 25.0. The minimum atomic E-state index is 0.678. The third-order valence-electron chi connectivity index (χ3n) is 7.00. The average molecular weight is 557 g/mol. The highest BCUT2D eigenvalue weighted by Crippen LogP contribution is 2.36. The van der Waals surface area contributed by atoms with E-state index < -0.39 is 0 Å². The fourth-order valence-electron chi connectivity index (χ4n) is 4.88. The predicted octanol–water partition coefficient (Wildman–Crippen LogP) is 10.4. The lowest BCUT2D eigenvalue weighted by Crippen LogP contribution is -1.98. The Labute approximate surface area is 249 Å². The largest absolute Gasteiger partial charge is 0.501 e. The SMILES string of the molecule is CC(C)=COCCc1ccc(Nc2ccc(Nc3ccc(CCOC=C(C)C)cc3)c3cc4ccccc4cc23)cc1. The summed E-state index contributed by atoms with van der Waals surface area (Å²) < 4.78 is 11.2. The van der Waals surface area contributed by atoms with Gasteiger partial charge in [0.05, 0.1) is 25.7 Å². The van der Waals surface area contributed by atoms with Crippen molar-refractivity contribution in [3.63, 3.8) is 0 Å². The molecule has 0 heterocycles.